The van der Waals surface area contributed by atoms with Gasteiger partial charge >= 0.3 is 0 Å². The second-order valence-electron chi connectivity index (χ2n) is 9.00. The summed E-state index contributed by atoms with van der Waals surface area (Å²) in [4.78, 5) is 34.2. The number of pyridine rings is 2. The lowest BCUT2D eigenvalue weighted by atomic mass is 9.78. The third-order valence-electron chi connectivity index (χ3n) is 6.86. The highest BCUT2D eigenvalue weighted by molar-refractivity contribution is 5.90. The minimum atomic E-state index is 0.0469. The average molecular weight is 432 g/mol. The molecule has 5 rings (SSSR count). The summed E-state index contributed by atoms with van der Waals surface area (Å²) in [5, 5.41) is 3.97. The number of hydrogen-bond acceptors (Lipinski definition) is 7. The summed E-state index contributed by atoms with van der Waals surface area (Å²) in [7, 11) is 0. The van der Waals surface area contributed by atoms with E-state index in [0.717, 1.165) is 74.4 Å². The van der Waals surface area contributed by atoms with Crippen molar-refractivity contribution in [3.63, 3.8) is 0 Å². The van der Waals surface area contributed by atoms with Gasteiger partial charge < -0.3 is 15.1 Å². The van der Waals surface area contributed by atoms with Crippen molar-refractivity contribution in [1.82, 2.24) is 30.2 Å². The Hall–Kier alpha value is -3.13. The number of hydrogen-bond donors (Lipinski definition) is 1. The van der Waals surface area contributed by atoms with E-state index in [-0.39, 0.29) is 5.91 Å². The number of likely N-dealkylation sites (tertiary alicyclic amines) is 1. The molecule has 8 heteroatoms. The lowest BCUT2D eigenvalue weighted by Gasteiger charge is -2.40. The molecule has 2 fully saturated rings. The van der Waals surface area contributed by atoms with Crippen molar-refractivity contribution in [2.45, 2.75) is 26.2 Å². The van der Waals surface area contributed by atoms with Crippen molar-refractivity contribution < 1.29 is 4.79 Å². The number of carbonyl (C=O) groups is 1. The fourth-order valence-electron chi connectivity index (χ4n) is 5.04. The Kier molecular flexibility index (Phi) is 5.70. The number of anilines is 1. The lowest BCUT2D eigenvalue weighted by Crippen LogP contribution is -2.42. The van der Waals surface area contributed by atoms with E-state index < -0.39 is 0 Å². The molecule has 0 bridgehead atoms. The largest absolute Gasteiger partial charge is 0.356 e. The van der Waals surface area contributed by atoms with Gasteiger partial charge in [0.2, 0.25) is 5.91 Å². The quantitative estimate of drug-likeness (QED) is 0.664. The SMILES string of the molecule is CC(=O)NCCN1CCC2(CCN(c3nc(-c4ccncc4)nc4cnccc34)CC2)C1. The lowest BCUT2D eigenvalue weighted by molar-refractivity contribution is -0.119. The summed E-state index contributed by atoms with van der Waals surface area (Å²) < 4.78 is 0. The number of fused-ring (bicyclic) bond motifs is 1. The Morgan fingerprint density at radius 2 is 1.78 bits per heavy atom. The number of piperidine rings is 1. The van der Waals surface area contributed by atoms with Crippen LogP contribution in [0.3, 0.4) is 0 Å². The molecule has 0 aliphatic carbocycles. The molecule has 3 aromatic heterocycles. The standard InChI is InChI=1S/C24H29N7O/c1-18(32)27-11-15-30-12-5-24(17-30)6-13-31(14-7-24)23-20-4-10-26-16-21(20)28-22(29-23)19-2-8-25-9-3-19/h2-4,8-10,16H,5-7,11-15,17H2,1H3,(H,27,32). The number of aromatic nitrogens is 4. The second-order valence-corrected chi connectivity index (χ2v) is 9.00. The first kappa shape index (κ1) is 20.8. The smallest absolute Gasteiger partial charge is 0.216 e. The van der Waals surface area contributed by atoms with Crippen LogP contribution in [0.5, 0.6) is 0 Å². The minimum Gasteiger partial charge on any atom is -0.356 e. The molecule has 0 saturated carbocycles. The molecule has 32 heavy (non-hydrogen) atoms. The van der Waals surface area contributed by atoms with Gasteiger partial charge in [0.15, 0.2) is 5.82 Å². The van der Waals surface area contributed by atoms with E-state index in [1.807, 2.05) is 30.6 Å². The maximum atomic E-state index is 11.1. The molecule has 166 valence electrons. The van der Waals surface area contributed by atoms with E-state index in [2.05, 4.69) is 25.1 Å². The van der Waals surface area contributed by atoms with Crippen LogP contribution in [0.15, 0.2) is 43.0 Å². The zero-order valence-electron chi connectivity index (χ0n) is 18.5. The van der Waals surface area contributed by atoms with Gasteiger partial charge in [0, 0.05) is 69.2 Å². The molecular weight excluding hydrogens is 402 g/mol. The predicted molar refractivity (Wildman–Crippen MR) is 124 cm³/mol. The van der Waals surface area contributed by atoms with Crippen molar-refractivity contribution in [2.24, 2.45) is 5.41 Å². The van der Waals surface area contributed by atoms with Crippen LogP contribution >= 0.6 is 0 Å². The predicted octanol–water partition coefficient (Wildman–Crippen LogP) is 2.52. The van der Waals surface area contributed by atoms with E-state index in [1.165, 1.54) is 6.42 Å². The van der Waals surface area contributed by atoms with Crippen LogP contribution in [0.25, 0.3) is 22.3 Å². The van der Waals surface area contributed by atoms with Crippen LogP contribution in [0, 0.1) is 5.41 Å². The summed E-state index contributed by atoms with van der Waals surface area (Å²) in [5.41, 5.74) is 2.21. The normalized spacial score (nSPS) is 18.3. The Balaban J connectivity index is 1.33. The Morgan fingerprint density at radius 3 is 2.56 bits per heavy atom. The number of nitrogens with zero attached hydrogens (tertiary/aromatic N) is 6. The molecule has 1 amide bonds. The van der Waals surface area contributed by atoms with Gasteiger partial charge in [0.1, 0.15) is 5.82 Å². The molecule has 0 atom stereocenters. The molecule has 1 N–H and O–H groups in total. The van der Waals surface area contributed by atoms with Gasteiger partial charge in [-0.05, 0) is 49.4 Å². The molecular formula is C24H29N7O. The zero-order chi connectivity index (χ0) is 22.0. The van der Waals surface area contributed by atoms with Gasteiger partial charge in [-0.2, -0.15) is 0 Å². The molecule has 1 spiro atoms. The molecule has 3 aromatic rings. The fraction of sp³-hybridized carbons (Fsp3) is 0.458. The first-order valence-corrected chi connectivity index (χ1v) is 11.4. The molecule has 5 heterocycles. The van der Waals surface area contributed by atoms with Crippen LogP contribution in [0.4, 0.5) is 5.82 Å². The van der Waals surface area contributed by atoms with Gasteiger partial charge in [0.05, 0.1) is 11.7 Å². The minimum absolute atomic E-state index is 0.0469. The summed E-state index contributed by atoms with van der Waals surface area (Å²) in [6, 6.07) is 5.91. The molecule has 0 aromatic carbocycles. The average Bonchev–Trinajstić information content (AvgIpc) is 3.21. The van der Waals surface area contributed by atoms with Crippen LogP contribution < -0.4 is 10.2 Å². The van der Waals surface area contributed by atoms with Crippen molar-refractivity contribution in [3.05, 3.63) is 43.0 Å². The zero-order valence-corrected chi connectivity index (χ0v) is 18.5. The molecule has 2 aliphatic heterocycles. The third kappa shape index (κ3) is 4.27. The highest BCUT2D eigenvalue weighted by Crippen LogP contribution is 2.41. The summed E-state index contributed by atoms with van der Waals surface area (Å²) >= 11 is 0. The fourth-order valence-corrected chi connectivity index (χ4v) is 5.04. The van der Waals surface area contributed by atoms with Gasteiger partial charge in [-0.15, -0.1) is 0 Å². The molecule has 8 nitrogen and oxygen atoms in total. The van der Waals surface area contributed by atoms with Crippen molar-refractivity contribution in [3.8, 4) is 11.4 Å². The maximum Gasteiger partial charge on any atom is 0.216 e. The molecule has 2 aliphatic rings. The Labute approximate surface area is 188 Å². The van der Waals surface area contributed by atoms with Crippen LogP contribution in [0.1, 0.15) is 26.2 Å². The van der Waals surface area contributed by atoms with Crippen LogP contribution in [0.2, 0.25) is 0 Å². The monoisotopic (exact) mass is 431 g/mol. The maximum absolute atomic E-state index is 11.1. The molecule has 0 radical (unpaired) electrons. The highest BCUT2D eigenvalue weighted by Gasteiger charge is 2.40. The number of carbonyl (C=O) groups excluding carboxylic acids is 1. The topological polar surface area (TPSA) is 87.1 Å². The summed E-state index contributed by atoms with van der Waals surface area (Å²) in [6.07, 6.45) is 10.7. The van der Waals surface area contributed by atoms with Gasteiger partial charge in [-0.25, -0.2) is 9.97 Å². The third-order valence-corrected chi connectivity index (χ3v) is 6.86. The Morgan fingerprint density at radius 1 is 1.03 bits per heavy atom. The van der Waals surface area contributed by atoms with Crippen LogP contribution in [-0.2, 0) is 4.79 Å². The second kappa shape index (κ2) is 8.78. The van der Waals surface area contributed by atoms with Crippen molar-refractivity contribution >= 4 is 22.6 Å². The van der Waals surface area contributed by atoms with E-state index in [1.54, 1.807) is 19.3 Å². The van der Waals surface area contributed by atoms with Gasteiger partial charge in [0.25, 0.3) is 0 Å². The first-order chi connectivity index (χ1) is 15.6. The van der Waals surface area contributed by atoms with E-state index >= 15 is 0 Å². The number of nitrogens with one attached hydrogen (secondary N) is 1. The first-order valence-electron chi connectivity index (χ1n) is 11.4. The molecule has 0 unspecified atom stereocenters. The highest BCUT2D eigenvalue weighted by atomic mass is 16.1. The summed E-state index contributed by atoms with van der Waals surface area (Å²) in [5.74, 6) is 1.76. The van der Waals surface area contributed by atoms with Gasteiger partial charge in [-0.1, -0.05) is 0 Å². The van der Waals surface area contributed by atoms with E-state index in [0.29, 0.717) is 11.2 Å². The van der Waals surface area contributed by atoms with Crippen molar-refractivity contribution in [2.75, 3.05) is 44.2 Å². The van der Waals surface area contributed by atoms with Crippen LogP contribution in [-0.4, -0.2) is 70.0 Å². The Bertz CT molecular complexity index is 1100. The number of rotatable bonds is 5. The van der Waals surface area contributed by atoms with E-state index in [4.69, 9.17) is 9.97 Å². The summed E-state index contributed by atoms with van der Waals surface area (Å²) in [6.45, 7) is 7.47. The van der Waals surface area contributed by atoms with Gasteiger partial charge in [-0.3, -0.25) is 14.8 Å². The molecule has 2 saturated heterocycles. The van der Waals surface area contributed by atoms with E-state index in [9.17, 15) is 4.79 Å². The number of amides is 1. The van der Waals surface area contributed by atoms with Crippen molar-refractivity contribution in [1.29, 1.82) is 0 Å².